The van der Waals surface area contributed by atoms with Gasteiger partial charge in [0.15, 0.2) is 0 Å². The number of H-pyrrole nitrogens is 1. The Hall–Kier alpha value is -0.820. The van der Waals surface area contributed by atoms with Crippen molar-refractivity contribution >= 4 is 34.4 Å². The number of thioether (sulfide) groups is 1. The van der Waals surface area contributed by atoms with Crippen molar-refractivity contribution in [3.63, 3.8) is 0 Å². The van der Waals surface area contributed by atoms with Crippen molar-refractivity contribution in [1.82, 2.24) is 9.97 Å². The van der Waals surface area contributed by atoms with E-state index in [-0.39, 0.29) is 5.56 Å². The monoisotopic (exact) mass is 414 g/mol. The van der Waals surface area contributed by atoms with Gasteiger partial charge in [0, 0.05) is 4.90 Å². The summed E-state index contributed by atoms with van der Waals surface area (Å²) in [5.74, 6) is 1.92. The summed E-state index contributed by atoms with van der Waals surface area (Å²) in [5, 5.41) is 0. The van der Waals surface area contributed by atoms with Gasteiger partial charge in [0.1, 0.15) is 5.82 Å². The smallest absolute Gasteiger partial charge is 0.264 e. The molecule has 0 saturated heterocycles. The van der Waals surface area contributed by atoms with Gasteiger partial charge in [0.05, 0.1) is 15.0 Å². The van der Waals surface area contributed by atoms with Gasteiger partial charge in [-0.2, -0.15) is 0 Å². The molecular formula is C16H19IN2OS. The van der Waals surface area contributed by atoms with Crippen LogP contribution in [0.4, 0.5) is 0 Å². The average molecular weight is 414 g/mol. The molecule has 1 aromatic carbocycles. The van der Waals surface area contributed by atoms with Gasteiger partial charge in [-0.15, -0.1) is 11.8 Å². The normalized spacial score (nSPS) is 11.1. The zero-order chi connectivity index (χ0) is 15.4. The maximum Gasteiger partial charge on any atom is 0.264 e. The summed E-state index contributed by atoms with van der Waals surface area (Å²) in [6, 6.07) is 8.35. The minimum Gasteiger partial charge on any atom is -0.309 e. The molecule has 112 valence electrons. The van der Waals surface area contributed by atoms with E-state index >= 15 is 0 Å². The Bertz CT molecular complexity index is 682. The molecule has 21 heavy (non-hydrogen) atoms. The van der Waals surface area contributed by atoms with Gasteiger partial charge in [-0.1, -0.05) is 31.5 Å². The maximum atomic E-state index is 12.0. The zero-order valence-electron chi connectivity index (χ0n) is 12.4. The van der Waals surface area contributed by atoms with Gasteiger partial charge in [-0.05, 0) is 54.0 Å². The molecule has 0 radical (unpaired) electrons. The minimum atomic E-state index is -0.0268. The molecule has 5 heteroatoms. The second-order valence-corrected chi connectivity index (χ2v) is 7.60. The van der Waals surface area contributed by atoms with Crippen LogP contribution in [0.3, 0.4) is 0 Å². The number of aromatic nitrogens is 2. The lowest BCUT2D eigenvalue weighted by Gasteiger charge is -2.09. The van der Waals surface area contributed by atoms with Crippen molar-refractivity contribution in [2.24, 2.45) is 5.92 Å². The Morgan fingerprint density at radius 3 is 2.81 bits per heavy atom. The number of aromatic amines is 1. The topological polar surface area (TPSA) is 45.8 Å². The predicted molar refractivity (Wildman–Crippen MR) is 96.9 cm³/mol. The molecule has 0 saturated carbocycles. The highest BCUT2D eigenvalue weighted by Crippen LogP contribution is 2.22. The molecule has 0 amide bonds. The molecule has 2 aromatic rings. The largest absolute Gasteiger partial charge is 0.309 e. The summed E-state index contributed by atoms with van der Waals surface area (Å²) in [6.45, 7) is 6.36. The molecule has 0 aliphatic heterocycles. The van der Waals surface area contributed by atoms with Crippen LogP contribution in [0.5, 0.6) is 0 Å². The van der Waals surface area contributed by atoms with Crippen LogP contribution in [0.1, 0.15) is 30.9 Å². The number of rotatable bonds is 5. The number of benzene rings is 1. The van der Waals surface area contributed by atoms with Gasteiger partial charge in [-0.3, -0.25) is 4.79 Å². The van der Waals surface area contributed by atoms with Crippen molar-refractivity contribution in [3.8, 4) is 0 Å². The van der Waals surface area contributed by atoms with Gasteiger partial charge in [-0.25, -0.2) is 4.98 Å². The second kappa shape index (κ2) is 7.45. The molecule has 0 unspecified atom stereocenters. The van der Waals surface area contributed by atoms with E-state index in [1.54, 1.807) is 11.8 Å². The van der Waals surface area contributed by atoms with Crippen LogP contribution in [0, 0.1) is 16.4 Å². The van der Waals surface area contributed by atoms with Crippen LogP contribution < -0.4 is 5.56 Å². The first-order valence-electron chi connectivity index (χ1n) is 6.92. The van der Waals surface area contributed by atoms with Crippen molar-refractivity contribution in [2.75, 3.05) is 0 Å². The highest BCUT2D eigenvalue weighted by Gasteiger charge is 2.10. The molecule has 0 fully saturated rings. The first-order chi connectivity index (χ1) is 9.95. The number of hydrogen-bond acceptors (Lipinski definition) is 3. The Labute approximate surface area is 143 Å². The number of aryl methyl sites for hydroxylation is 1. The summed E-state index contributed by atoms with van der Waals surface area (Å²) in [4.78, 5) is 20.7. The Kier molecular flexibility index (Phi) is 5.87. The van der Waals surface area contributed by atoms with E-state index in [2.05, 4.69) is 71.5 Å². The lowest BCUT2D eigenvalue weighted by molar-refractivity contribution is 0.627. The molecule has 2 rings (SSSR count). The fraction of sp³-hybridized carbons (Fsp3) is 0.375. The van der Waals surface area contributed by atoms with Crippen LogP contribution >= 0.6 is 34.4 Å². The van der Waals surface area contributed by atoms with E-state index in [0.29, 0.717) is 15.2 Å². The van der Waals surface area contributed by atoms with E-state index in [0.717, 1.165) is 17.9 Å². The lowest BCUT2D eigenvalue weighted by Crippen LogP contribution is -2.18. The molecule has 0 spiro atoms. The SMILES string of the molecule is Cc1cccc(SCc2nc(CC(C)C)c(I)c(=O)[nH]2)c1. The zero-order valence-corrected chi connectivity index (χ0v) is 15.4. The highest BCUT2D eigenvalue weighted by atomic mass is 127. The fourth-order valence-electron chi connectivity index (χ4n) is 2.00. The maximum absolute atomic E-state index is 12.0. The van der Waals surface area contributed by atoms with E-state index in [1.807, 2.05) is 6.07 Å². The highest BCUT2D eigenvalue weighted by molar-refractivity contribution is 14.1. The molecule has 3 nitrogen and oxygen atoms in total. The molecule has 0 aliphatic rings. The van der Waals surface area contributed by atoms with Gasteiger partial charge < -0.3 is 4.98 Å². The summed E-state index contributed by atoms with van der Waals surface area (Å²) >= 11 is 3.78. The molecule has 0 aliphatic carbocycles. The van der Waals surface area contributed by atoms with Crippen molar-refractivity contribution in [1.29, 1.82) is 0 Å². The summed E-state index contributed by atoms with van der Waals surface area (Å²) in [6.07, 6.45) is 0.838. The van der Waals surface area contributed by atoms with Gasteiger partial charge >= 0.3 is 0 Å². The van der Waals surface area contributed by atoms with Crippen molar-refractivity contribution in [2.45, 2.75) is 37.8 Å². The van der Waals surface area contributed by atoms with Crippen molar-refractivity contribution in [3.05, 3.63) is 55.3 Å². The third-order valence-electron chi connectivity index (χ3n) is 2.95. The molecule has 1 heterocycles. The van der Waals surface area contributed by atoms with Crippen LogP contribution in [0.15, 0.2) is 34.0 Å². The first-order valence-corrected chi connectivity index (χ1v) is 8.99. The molecule has 0 bridgehead atoms. The first kappa shape index (κ1) is 16.5. The lowest BCUT2D eigenvalue weighted by atomic mass is 10.1. The quantitative estimate of drug-likeness (QED) is 0.590. The van der Waals surface area contributed by atoms with E-state index in [9.17, 15) is 4.79 Å². The Morgan fingerprint density at radius 1 is 1.38 bits per heavy atom. The number of nitrogens with zero attached hydrogens (tertiary/aromatic N) is 1. The summed E-state index contributed by atoms with van der Waals surface area (Å²) in [7, 11) is 0. The average Bonchev–Trinajstić information content (AvgIpc) is 2.41. The molecule has 0 atom stereocenters. The third kappa shape index (κ3) is 4.85. The fourth-order valence-corrected chi connectivity index (χ4v) is 3.36. The van der Waals surface area contributed by atoms with Gasteiger partial charge in [0.25, 0.3) is 5.56 Å². The van der Waals surface area contributed by atoms with Gasteiger partial charge in [0.2, 0.25) is 0 Å². The van der Waals surface area contributed by atoms with E-state index in [4.69, 9.17) is 0 Å². The molecule has 1 N–H and O–H groups in total. The summed E-state index contributed by atoms with van der Waals surface area (Å²) < 4.78 is 0.714. The molecule has 1 aromatic heterocycles. The predicted octanol–water partition coefficient (Wildman–Crippen LogP) is 4.17. The van der Waals surface area contributed by atoms with Crippen LogP contribution in [0.2, 0.25) is 0 Å². The van der Waals surface area contributed by atoms with Crippen LogP contribution in [-0.4, -0.2) is 9.97 Å². The van der Waals surface area contributed by atoms with Crippen LogP contribution in [-0.2, 0) is 12.2 Å². The Morgan fingerprint density at radius 2 is 2.14 bits per heavy atom. The Balaban J connectivity index is 2.17. The summed E-state index contributed by atoms with van der Waals surface area (Å²) in [5.41, 5.74) is 2.12. The van der Waals surface area contributed by atoms with Crippen molar-refractivity contribution < 1.29 is 0 Å². The minimum absolute atomic E-state index is 0.0268. The van der Waals surface area contributed by atoms with E-state index < -0.39 is 0 Å². The number of halogens is 1. The third-order valence-corrected chi connectivity index (χ3v) is 5.06. The van der Waals surface area contributed by atoms with Crippen LogP contribution in [0.25, 0.3) is 0 Å². The van der Waals surface area contributed by atoms with E-state index in [1.165, 1.54) is 10.5 Å². The second-order valence-electron chi connectivity index (χ2n) is 5.48. The molecular weight excluding hydrogens is 395 g/mol. The number of hydrogen-bond donors (Lipinski definition) is 1. The number of nitrogens with one attached hydrogen (secondary N) is 1. The standard InChI is InChI=1S/C16H19IN2OS/c1-10(2)7-13-15(17)16(20)19-14(18-13)9-21-12-6-4-5-11(3)8-12/h4-6,8,10H,7,9H2,1-3H3,(H,18,19,20).